The van der Waals surface area contributed by atoms with Gasteiger partial charge in [-0.05, 0) is 0 Å². The van der Waals surface area contributed by atoms with Crippen molar-refractivity contribution in [2.45, 2.75) is 19.0 Å². The van der Waals surface area contributed by atoms with Crippen molar-refractivity contribution in [3.8, 4) is 0 Å². The van der Waals surface area contributed by atoms with E-state index < -0.39 is 28.6 Å². The summed E-state index contributed by atoms with van der Waals surface area (Å²) in [6.45, 7) is 0.306. The van der Waals surface area contributed by atoms with Crippen molar-refractivity contribution in [2.75, 3.05) is 0 Å². The third kappa shape index (κ3) is 2.74. The number of hydrogen-bond acceptors (Lipinski definition) is 2. The minimum Gasteiger partial charge on any atom is -0.249 e. The molecule has 0 aliphatic carbocycles. The second-order valence-electron chi connectivity index (χ2n) is 2.78. The minimum atomic E-state index is -5.01. The van der Waals surface area contributed by atoms with E-state index in [1.807, 2.05) is 0 Å². The maximum absolute atomic E-state index is 12.7. The molecule has 0 atom stereocenters. The monoisotopic (exact) mass is 246 g/mol. The average Bonchev–Trinajstić information content (AvgIpc) is 2.00. The summed E-state index contributed by atoms with van der Waals surface area (Å²) < 4.78 is 62.3. The molecule has 0 aromatic carbocycles. The molecule has 1 heterocycles. The first-order chi connectivity index (χ1) is 6.62. The van der Waals surface area contributed by atoms with Crippen LogP contribution in [-0.4, -0.2) is 9.97 Å². The smallest absolute Gasteiger partial charge is 0.249 e. The zero-order valence-electron chi connectivity index (χ0n) is 7.24. The largest absolute Gasteiger partial charge is 0.435 e. The van der Waals surface area contributed by atoms with E-state index in [-0.39, 0.29) is 0 Å². The Hall–Kier alpha value is -0.980. The van der Waals surface area contributed by atoms with Crippen molar-refractivity contribution in [3.63, 3.8) is 0 Å². The van der Waals surface area contributed by atoms with E-state index in [2.05, 4.69) is 9.97 Å². The van der Waals surface area contributed by atoms with Crippen molar-refractivity contribution < 1.29 is 22.0 Å². The van der Waals surface area contributed by atoms with E-state index >= 15 is 0 Å². The number of aromatic nitrogens is 2. The first-order valence-corrected chi connectivity index (χ1v) is 3.98. The lowest BCUT2D eigenvalue weighted by Gasteiger charge is -2.15. The Balaban J connectivity index is 3.41. The SMILES string of the molecule is CC(F)(F)c1ncc(Cl)nc1C(F)(F)F. The van der Waals surface area contributed by atoms with Gasteiger partial charge in [0.2, 0.25) is 0 Å². The van der Waals surface area contributed by atoms with Crippen molar-refractivity contribution >= 4 is 11.6 Å². The third-order valence-corrected chi connectivity index (χ3v) is 1.61. The predicted octanol–water partition coefficient (Wildman–Crippen LogP) is 3.26. The Labute approximate surface area is 86.1 Å². The van der Waals surface area contributed by atoms with Gasteiger partial charge in [-0.3, -0.25) is 0 Å². The van der Waals surface area contributed by atoms with Crippen LogP contribution in [0.4, 0.5) is 22.0 Å². The average molecular weight is 247 g/mol. The molecule has 0 unspecified atom stereocenters. The van der Waals surface area contributed by atoms with Crippen molar-refractivity contribution in [3.05, 3.63) is 22.7 Å². The molecule has 1 aromatic heterocycles. The second kappa shape index (κ2) is 3.55. The Morgan fingerprint density at radius 1 is 1.13 bits per heavy atom. The van der Waals surface area contributed by atoms with Gasteiger partial charge in [0.05, 0.1) is 6.20 Å². The zero-order valence-corrected chi connectivity index (χ0v) is 8.00. The van der Waals surface area contributed by atoms with E-state index in [0.29, 0.717) is 13.1 Å². The van der Waals surface area contributed by atoms with Crippen LogP contribution in [0, 0.1) is 0 Å². The van der Waals surface area contributed by atoms with Crippen LogP contribution < -0.4 is 0 Å². The first kappa shape index (κ1) is 12.1. The van der Waals surface area contributed by atoms with Crippen molar-refractivity contribution in [1.82, 2.24) is 9.97 Å². The van der Waals surface area contributed by atoms with Gasteiger partial charge in [-0.1, -0.05) is 11.6 Å². The van der Waals surface area contributed by atoms with Gasteiger partial charge in [0, 0.05) is 6.92 Å². The molecule has 0 aliphatic rings. The van der Waals surface area contributed by atoms with Crippen LogP contribution in [0.5, 0.6) is 0 Å². The highest BCUT2D eigenvalue weighted by Gasteiger charge is 2.43. The standard InChI is InChI=1S/C7H4ClF5N2/c1-6(9,10)4-5(7(11,12)13)15-3(8)2-14-4/h2H,1H3. The van der Waals surface area contributed by atoms with Gasteiger partial charge in [-0.15, -0.1) is 0 Å². The minimum absolute atomic E-state index is 0.306. The van der Waals surface area contributed by atoms with E-state index in [9.17, 15) is 22.0 Å². The second-order valence-corrected chi connectivity index (χ2v) is 3.16. The molecule has 1 aromatic rings. The molecule has 8 heteroatoms. The molecule has 0 N–H and O–H groups in total. The van der Waals surface area contributed by atoms with Crippen LogP contribution in [0.3, 0.4) is 0 Å². The van der Waals surface area contributed by atoms with E-state index in [0.717, 1.165) is 0 Å². The fraction of sp³-hybridized carbons (Fsp3) is 0.429. The van der Waals surface area contributed by atoms with Crippen molar-refractivity contribution in [1.29, 1.82) is 0 Å². The summed E-state index contributed by atoms with van der Waals surface area (Å²) in [7, 11) is 0. The lowest BCUT2D eigenvalue weighted by Crippen LogP contribution is -2.21. The Bertz CT molecular complexity index is 371. The number of nitrogens with zero attached hydrogens (tertiary/aromatic N) is 2. The highest BCUT2D eigenvalue weighted by atomic mass is 35.5. The van der Waals surface area contributed by atoms with Gasteiger partial charge in [0.25, 0.3) is 5.92 Å². The summed E-state index contributed by atoms with van der Waals surface area (Å²) in [5.74, 6) is -3.72. The summed E-state index contributed by atoms with van der Waals surface area (Å²) in [6.07, 6.45) is -4.36. The molecule has 1 rings (SSSR count). The summed E-state index contributed by atoms with van der Waals surface area (Å²) in [5, 5.41) is -0.588. The van der Waals surface area contributed by atoms with Gasteiger partial charge in [-0.2, -0.15) is 22.0 Å². The van der Waals surface area contributed by atoms with Crippen molar-refractivity contribution in [2.24, 2.45) is 0 Å². The third-order valence-electron chi connectivity index (χ3n) is 1.43. The number of alkyl halides is 5. The maximum Gasteiger partial charge on any atom is 0.435 e. The number of rotatable bonds is 1. The number of hydrogen-bond donors (Lipinski definition) is 0. The van der Waals surface area contributed by atoms with Crippen LogP contribution in [-0.2, 0) is 12.1 Å². The molecule has 0 amide bonds. The lowest BCUT2D eigenvalue weighted by atomic mass is 10.2. The molecular formula is C7H4ClF5N2. The quantitative estimate of drug-likeness (QED) is 0.711. The van der Waals surface area contributed by atoms with E-state index in [1.165, 1.54) is 0 Å². The molecular weight excluding hydrogens is 243 g/mol. The van der Waals surface area contributed by atoms with E-state index in [1.54, 1.807) is 0 Å². The van der Waals surface area contributed by atoms with Gasteiger partial charge < -0.3 is 0 Å². The van der Waals surface area contributed by atoms with Crippen LogP contribution >= 0.6 is 11.6 Å². The summed E-state index contributed by atoms with van der Waals surface area (Å²) in [4.78, 5) is 5.76. The van der Waals surface area contributed by atoms with Gasteiger partial charge >= 0.3 is 6.18 Å². The first-order valence-electron chi connectivity index (χ1n) is 3.60. The molecule has 0 bridgehead atoms. The lowest BCUT2D eigenvalue weighted by molar-refractivity contribution is -0.145. The van der Waals surface area contributed by atoms with Gasteiger partial charge in [0.1, 0.15) is 10.8 Å². The molecule has 0 aliphatic heterocycles. The van der Waals surface area contributed by atoms with Crippen LogP contribution in [0.25, 0.3) is 0 Å². The van der Waals surface area contributed by atoms with Gasteiger partial charge in [0.15, 0.2) is 5.69 Å². The molecule has 84 valence electrons. The van der Waals surface area contributed by atoms with Crippen LogP contribution in [0.1, 0.15) is 18.3 Å². The molecule has 0 saturated heterocycles. The van der Waals surface area contributed by atoms with Crippen LogP contribution in [0.2, 0.25) is 5.15 Å². The molecule has 0 spiro atoms. The zero-order chi connectivity index (χ0) is 11.9. The Kier molecular flexibility index (Phi) is 2.86. The topological polar surface area (TPSA) is 25.8 Å². The summed E-state index contributed by atoms with van der Waals surface area (Å²) in [5.41, 5.74) is -3.19. The molecule has 0 saturated carbocycles. The molecule has 15 heavy (non-hydrogen) atoms. The Morgan fingerprint density at radius 2 is 1.67 bits per heavy atom. The fourth-order valence-corrected chi connectivity index (χ4v) is 1.02. The van der Waals surface area contributed by atoms with Crippen LogP contribution in [0.15, 0.2) is 6.20 Å². The molecule has 2 nitrogen and oxygen atoms in total. The predicted molar refractivity (Wildman–Crippen MR) is 41.6 cm³/mol. The van der Waals surface area contributed by atoms with Gasteiger partial charge in [-0.25, -0.2) is 9.97 Å². The summed E-state index contributed by atoms with van der Waals surface area (Å²) >= 11 is 5.15. The highest BCUT2D eigenvalue weighted by Crippen LogP contribution is 2.37. The fourth-order valence-electron chi connectivity index (χ4n) is 0.886. The number of halogens is 6. The van der Waals surface area contributed by atoms with E-state index in [4.69, 9.17) is 11.6 Å². The molecule has 0 fully saturated rings. The molecule has 0 radical (unpaired) electrons. The maximum atomic E-state index is 12.7. The summed E-state index contributed by atoms with van der Waals surface area (Å²) in [6, 6.07) is 0. The Morgan fingerprint density at radius 3 is 2.07 bits per heavy atom. The normalized spacial score (nSPS) is 13.0. The highest BCUT2D eigenvalue weighted by molar-refractivity contribution is 6.29.